The first kappa shape index (κ1) is 24.6. The van der Waals surface area contributed by atoms with Gasteiger partial charge in [0.05, 0.1) is 5.60 Å². The maximum absolute atomic E-state index is 13.2. The quantitative estimate of drug-likeness (QED) is 0.515. The fraction of sp³-hybridized carbons (Fsp3) is 0.467. The van der Waals surface area contributed by atoms with E-state index in [1.54, 1.807) is 6.92 Å². The van der Waals surface area contributed by atoms with E-state index in [0.717, 1.165) is 42.2 Å². The van der Waals surface area contributed by atoms with Gasteiger partial charge in [0.15, 0.2) is 6.10 Å². The van der Waals surface area contributed by atoms with E-state index in [9.17, 15) is 14.7 Å². The lowest BCUT2D eigenvalue weighted by Crippen LogP contribution is -2.56. The van der Waals surface area contributed by atoms with Gasteiger partial charge in [0.2, 0.25) is 0 Å². The summed E-state index contributed by atoms with van der Waals surface area (Å²) in [6, 6.07) is 13.6. The highest BCUT2D eigenvalue weighted by Crippen LogP contribution is 2.40. The fourth-order valence-corrected chi connectivity index (χ4v) is 5.97. The summed E-state index contributed by atoms with van der Waals surface area (Å²) < 4.78 is 11.9. The van der Waals surface area contributed by atoms with E-state index in [4.69, 9.17) is 9.15 Å². The Morgan fingerprint density at radius 2 is 1.92 bits per heavy atom. The predicted octanol–water partition coefficient (Wildman–Crippen LogP) is 4.92. The Hall–Kier alpha value is -3.12. The molecule has 3 aromatic rings. The van der Waals surface area contributed by atoms with Gasteiger partial charge in [0, 0.05) is 41.9 Å². The first-order chi connectivity index (χ1) is 17.3. The molecule has 0 unspecified atom stereocenters. The van der Waals surface area contributed by atoms with Crippen LogP contribution in [-0.2, 0) is 11.2 Å². The number of hydrogen-bond acceptors (Lipinski definition) is 5. The van der Waals surface area contributed by atoms with Gasteiger partial charge in [-0.05, 0) is 63.3 Å². The van der Waals surface area contributed by atoms with Crippen molar-refractivity contribution in [2.45, 2.75) is 71.0 Å². The van der Waals surface area contributed by atoms with Crippen molar-refractivity contribution in [3.8, 4) is 5.75 Å². The van der Waals surface area contributed by atoms with Crippen LogP contribution in [0.15, 0.2) is 51.7 Å². The van der Waals surface area contributed by atoms with E-state index in [-0.39, 0.29) is 17.5 Å². The second kappa shape index (κ2) is 9.74. The molecule has 190 valence electrons. The van der Waals surface area contributed by atoms with Crippen molar-refractivity contribution in [2.75, 3.05) is 13.1 Å². The maximum atomic E-state index is 13.2. The Morgan fingerprint density at radius 3 is 2.69 bits per heavy atom. The number of aliphatic hydroxyl groups is 1. The number of benzene rings is 2. The van der Waals surface area contributed by atoms with E-state index in [2.05, 4.69) is 0 Å². The number of aryl methyl sites for hydroxylation is 2. The van der Waals surface area contributed by atoms with Crippen molar-refractivity contribution in [1.29, 1.82) is 0 Å². The van der Waals surface area contributed by atoms with Gasteiger partial charge in [-0.2, -0.15) is 0 Å². The summed E-state index contributed by atoms with van der Waals surface area (Å²) in [5, 5.41) is 11.8. The normalized spacial score (nSPS) is 22.8. The van der Waals surface area contributed by atoms with E-state index in [1.165, 1.54) is 0 Å². The number of likely N-dealkylation sites (tertiary alicyclic amines) is 1. The first-order valence-corrected chi connectivity index (χ1v) is 13.0. The van der Waals surface area contributed by atoms with Crippen molar-refractivity contribution >= 4 is 16.9 Å². The lowest BCUT2D eigenvalue weighted by molar-refractivity contribution is -0.149. The summed E-state index contributed by atoms with van der Waals surface area (Å²) in [5.41, 5.74) is 2.84. The third-order valence-electron chi connectivity index (χ3n) is 8.27. The van der Waals surface area contributed by atoms with Gasteiger partial charge in [0.25, 0.3) is 5.91 Å². The number of fused-ring (bicyclic) bond motifs is 2. The Bertz CT molecular complexity index is 1330. The van der Waals surface area contributed by atoms with E-state index < -0.39 is 11.7 Å². The molecule has 0 bridgehead atoms. The molecule has 1 aromatic heterocycles. The van der Waals surface area contributed by atoms with Crippen molar-refractivity contribution < 1.29 is 19.1 Å². The fourth-order valence-electron chi connectivity index (χ4n) is 5.97. The lowest BCUT2D eigenvalue weighted by Gasteiger charge is -2.47. The largest absolute Gasteiger partial charge is 0.480 e. The molecule has 0 radical (unpaired) electrons. The second-order valence-electron chi connectivity index (χ2n) is 10.6. The molecule has 2 fully saturated rings. The minimum Gasteiger partial charge on any atom is -0.480 e. The third-order valence-corrected chi connectivity index (χ3v) is 8.27. The minimum absolute atomic E-state index is 0.0713. The molecule has 1 N–H and O–H groups in total. The molecule has 0 spiro atoms. The van der Waals surface area contributed by atoms with Crippen molar-refractivity contribution in [1.82, 2.24) is 4.90 Å². The smallest absolute Gasteiger partial charge is 0.340 e. The zero-order chi connectivity index (χ0) is 25.4. The molecule has 1 saturated carbocycles. The van der Waals surface area contributed by atoms with Gasteiger partial charge < -0.3 is 19.2 Å². The number of piperidine rings is 1. The first-order valence-electron chi connectivity index (χ1n) is 13.0. The number of carbonyl (C=O) groups is 1. The number of ether oxygens (including phenoxy) is 1. The van der Waals surface area contributed by atoms with Crippen LogP contribution in [0, 0.1) is 19.8 Å². The van der Waals surface area contributed by atoms with Gasteiger partial charge in [-0.25, -0.2) is 4.79 Å². The molecule has 1 amide bonds. The van der Waals surface area contributed by atoms with Crippen LogP contribution in [0.25, 0.3) is 11.0 Å². The van der Waals surface area contributed by atoms with Crippen molar-refractivity contribution in [3.63, 3.8) is 0 Å². The summed E-state index contributed by atoms with van der Waals surface area (Å²) in [7, 11) is 0. The zero-order valence-electron chi connectivity index (χ0n) is 21.4. The predicted molar refractivity (Wildman–Crippen MR) is 139 cm³/mol. The summed E-state index contributed by atoms with van der Waals surface area (Å²) in [6.07, 6.45) is 4.42. The number of amides is 1. The molecule has 2 aromatic carbocycles. The summed E-state index contributed by atoms with van der Waals surface area (Å²) in [6.45, 7) is 6.70. The average molecular weight is 490 g/mol. The van der Waals surface area contributed by atoms with Gasteiger partial charge in [0.1, 0.15) is 11.3 Å². The van der Waals surface area contributed by atoms with Crippen LogP contribution >= 0.6 is 0 Å². The van der Waals surface area contributed by atoms with Crippen LogP contribution in [0.4, 0.5) is 0 Å². The van der Waals surface area contributed by atoms with Crippen LogP contribution < -0.4 is 10.4 Å². The zero-order valence-corrected chi connectivity index (χ0v) is 21.4. The number of nitrogens with zero attached hydrogens (tertiary/aromatic N) is 1. The average Bonchev–Trinajstić information content (AvgIpc) is 2.88. The Kier molecular flexibility index (Phi) is 6.64. The topological polar surface area (TPSA) is 80.0 Å². The molecule has 5 rings (SSSR count). The standard InChI is InChI=1S/C30H35NO5/c1-19-24-12-13-26(20(2)27(24)36-29(33)25(19)17-22-9-5-4-6-10-22)35-21(3)28(32)31-16-15-30(34)14-8-7-11-23(30)18-31/h4-6,9-10,12-13,21,23,34H,7-8,11,14-18H2,1-3H3/t21-,23-,30+/m1/s1. The highest BCUT2D eigenvalue weighted by molar-refractivity contribution is 5.86. The molecule has 1 aliphatic heterocycles. The Labute approximate surface area is 211 Å². The highest BCUT2D eigenvalue weighted by atomic mass is 16.5. The number of hydrogen-bond donors (Lipinski definition) is 1. The summed E-state index contributed by atoms with van der Waals surface area (Å²) in [4.78, 5) is 28.0. The molecular formula is C30H35NO5. The van der Waals surface area contributed by atoms with Crippen LogP contribution in [0.3, 0.4) is 0 Å². The molecule has 1 saturated heterocycles. The lowest BCUT2D eigenvalue weighted by atomic mass is 9.71. The van der Waals surface area contributed by atoms with Gasteiger partial charge >= 0.3 is 5.63 Å². The van der Waals surface area contributed by atoms with E-state index >= 15 is 0 Å². The van der Waals surface area contributed by atoms with Gasteiger partial charge in [-0.3, -0.25) is 4.79 Å². The van der Waals surface area contributed by atoms with Crippen LogP contribution in [0.2, 0.25) is 0 Å². The van der Waals surface area contributed by atoms with Crippen molar-refractivity contribution in [2.24, 2.45) is 5.92 Å². The Morgan fingerprint density at radius 1 is 1.14 bits per heavy atom. The monoisotopic (exact) mass is 489 g/mol. The SMILES string of the molecule is Cc1c(Cc2ccccc2)c(=O)oc2c(C)c(O[C@H](C)C(=O)N3CC[C@@]4(O)CCCC[C@@H]4C3)ccc12. The maximum Gasteiger partial charge on any atom is 0.340 e. The molecule has 36 heavy (non-hydrogen) atoms. The molecule has 2 heterocycles. The Balaban J connectivity index is 1.35. The number of rotatable bonds is 5. The second-order valence-corrected chi connectivity index (χ2v) is 10.6. The number of carbonyl (C=O) groups excluding carboxylic acids is 1. The van der Waals surface area contributed by atoms with Crippen LogP contribution in [0.1, 0.15) is 61.3 Å². The van der Waals surface area contributed by atoms with Crippen LogP contribution in [-0.4, -0.2) is 40.7 Å². The van der Waals surface area contributed by atoms with Gasteiger partial charge in [-0.1, -0.05) is 43.2 Å². The molecule has 6 heteroatoms. The molecular weight excluding hydrogens is 454 g/mol. The van der Waals surface area contributed by atoms with E-state index in [0.29, 0.717) is 48.4 Å². The third kappa shape index (κ3) is 4.55. The van der Waals surface area contributed by atoms with Crippen molar-refractivity contribution in [3.05, 3.63) is 75.1 Å². The minimum atomic E-state index is -0.680. The highest BCUT2D eigenvalue weighted by Gasteiger charge is 2.44. The van der Waals surface area contributed by atoms with Crippen LogP contribution in [0.5, 0.6) is 5.75 Å². The summed E-state index contributed by atoms with van der Waals surface area (Å²) in [5.74, 6) is 0.603. The molecule has 1 aliphatic carbocycles. The molecule has 6 nitrogen and oxygen atoms in total. The van der Waals surface area contributed by atoms with Gasteiger partial charge in [-0.15, -0.1) is 0 Å². The molecule has 3 atom stereocenters. The van der Waals surface area contributed by atoms with E-state index in [1.807, 2.05) is 61.2 Å². The summed E-state index contributed by atoms with van der Waals surface area (Å²) >= 11 is 0. The molecule has 2 aliphatic rings.